The molecule has 2 aromatic heterocycles. The van der Waals surface area contributed by atoms with Crippen LogP contribution in [0.5, 0.6) is 11.5 Å². The zero-order valence-corrected chi connectivity index (χ0v) is 17.3. The second-order valence-electron chi connectivity index (χ2n) is 6.99. The second kappa shape index (κ2) is 8.27. The van der Waals surface area contributed by atoms with Crippen molar-refractivity contribution in [3.05, 3.63) is 82.9 Å². The molecule has 2 heterocycles. The molecule has 0 aliphatic carbocycles. The number of hydrogen-bond donors (Lipinski definition) is 2. The van der Waals surface area contributed by atoms with Gasteiger partial charge in [-0.15, -0.1) is 0 Å². The lowest BCUT2D eigenvalue weighted by atomic mass is 10.00. The summed E-state index contributed by atoms with van der Waals surface area (Å²) in [5.74, 6) is 1.31. The Balaban J connectivity index is 1.89. The number of fused-ring (bicyclic) bond motifs is 1. The summed E-state index contributed by atoms with van der Waals surface area (Å²) in [6.07, 6.45) is 3.52. The van der Waals surface area contributed by atoms with Gasteiger partial charge in [0.25, 0.3) is 5.56 Å². The fraction of sp³-hybridized carbons (Fsp3) is 0.136. The Bertz CT molecular complexity index is 1280. The van der Waals surface area contributed by atoms with Gasteiger partial charge >= 0.3 is 0 Å². The van der Waals surface area contributed by atoms with Crippen LogP contribution < -0.4 is 10.3 Å². The number of aryl methyl sites for hydroxylation is 1. The SMILES string of the molecule is CN(Cc1ccc(Oc2ccccc2)c(-c2cn(C)c(=O)c3[nH]ccc23)c1)S(=O)O. The molecule has 0 fully saturated rings. The highest BCUT2D eigenvalue weighted by Gasteiger charge is 2.16. The monoisotopic (exact) mass is 423 g/mol. The van der Waals surface area contributed by atoms with Crippen molar-refractivity contribution in [3.63, 3.8) is 0 Å². The Hall–Kier alpha value is -3.20. The van der Waals surface area contributed by atoms with Gasteiger partial charge in [-0.3, -0.25) is 9.35 Å². The van der Waals surface area contributed by atoms with Crippen LogP contribution in [0.15, 0.2) is 71.8 Å². The summed E-state index contributed by atoms with van der Waals surface area (Å²) in [5, 5.41) is 0.784. The van der Waals surface area contributed by atoms with Crippen LogP contribution in [0.2, 0.25) is 0 Å². The number of ether oxygens (including phenoxy) is 1. The molecule has 2 aromatic carbocycles. The summed E-state index contributed by atoms with van der Waals surface area (Å²) in [7, 11) is 3.27. The van der Waals surface area contributed by atoms with Gasteiger partial charge in [-0.25, -0.2) is 4.21 Å². The fourth-order valence-electron chi connectivity index (χ4n) is 3.39. The Morgan fingerprint density at radius 1 is 1.13 bits per heavy atom. The van der Waals surface area contributed by atoms with E-state index in [9.17, 15) is 13.6 Å². The highest BCUT2D eigenvalue weighted by molar-refractivity contribution is 7.76. The van der Waals surface area contributed by atoms with Crippen molar-refractivity contribution in [3.8, 4) is 22.6 Å². The molecule has 2 N–H and O–H groups in total. The molecule has 0 amide bonds. The summed E-state index contributed by atoms with van der Waals surface area (Å²) in [6.45, 7) is 0.282. The maximum absolute atomic E-state index is 12.5. The lowest BCUT2D eigenvalue weighted by molar-refractivity contribution is 0.444. The third-order valence-corrected chi connectivity index (χ3v) is 5.53. The molecular formula is C22H21N3O4S. The van der Waals surface area contributed by atoms with Crippen molar-refractivity contribution in [2.75, 3.05) is 7.05 Å². The summed E-state index contributed by atoms with van der Waals surface area (Å²) >= 11 is -2.07. The van der Waals surface area contributed by atoms with E-state index in [2.05, 4.69) is 4.98 Å². The average Bonchev–Trinajstić information content (AvgIpc) is 3.23. The molecule has 4 rings (SSSR count). The van der Waals surface area contributed by atoms with Gasteiger partial charge < -0.3 is 14.3 Å². The summed E-state index contributed by atoms with van der Waals surface area (Å²) in [5.41, 5.74) is 2.85. The molecule has 1 unspecified atom stereocenters. The molecular weight excluding hydrogens is 402 g/mol. The van der Waals surface area contributed by atoms with E-state index in [0.29, 0.717) is 17.0 Å². The van der Waals surface area contributed by atoms with Crippen LogP contribution in [0.25, 0.3) is 22.0 Å². The maximum atomic E-state index is 12.5. The smallest absolute Gasteiger partial charge is 0.274 e. The molecule has 0 saturated carbocycles. The van der Waals surface area contributed by atoms with Gasteiger partial charge in [0.2, 0.25) is 11.3 Å². The third-order valence-electron chi connectivity index (χ3n) is 4.87. The number of nitrogens with one attached hydrogen (secondary N) is 1. The fourth-order valence-corrected chi connectivity index (χ4v) is 3.65. The Kier molecular flexibility index (Phi) is 5.54. The first kappa shape index (κ1) is 20.1. The lowest BCUT2D eigenvalue weighted by Gasteiger charge is -2.17. The summed E-state index contributed by atoms with van der Waals surface area (Å²) < 4.78 is 29.7. The van der Waals surface area contributed by atoms with E-state index in [1.54, 1.807) is 26.5 Å². The molecule has 7 nitrogen and oxygen atoms in total. The maximum Gasteiger partial charge on any atom is 0.274 e. The van der Waals surface area contributed by atoms with Gasteiger partial charge in [0.05, 0.1) is 0 Å². The van der Waals surface area contributed by atoms with E-state index in [4.69, 9.17) is 4.74 Å². The minimum Gasteiger partial charge on any atom is -0.457 e. The number of aromatic nitrogens is 2. The molecule has 1 atom stereocenters. The number of pyridine rings is 1. The molecule has 0 spiro atoms. The van der Waals surface area contributed by atoms with Crippen LogP contribution in [0, 0.1) is 0 Å². The van der Waals surface area contributed by atoms with Crippen molar-refractivity contribution < 1.29 is 13.5 Å². The zero-order valence-electron chi connectivity index (χ0n) is 16.5. The average molecular weight is 423 g/mol. The second-order valence-corrected chi connectivity index (χ2v) is 8.07. The number of benzene rings is 2. The molecule has 0 saturated heterocycles. The van der Waals surface area contributed by atoms with Crippen molar-refractivity contribution >= 4 is 22.2 Å². The Morgan fingerprint density at radius 2 is 1.90 bits per heavy atom. The number of H-pyrrole nitrogens is 1. The van der Waals surface area contributed by atoms with Crippen molar-refractivity contribution in [1.29, 1.82) is 0 Å². The van der Waals surface area contributed by atoms with E-state index < -0.39 is 11.3 Å². The van der Waals surface area contributed by atoms with Crippen LogP contribution >= 0.6 is 0 Å². The van der Waals surface area contributed by atoms with E-state index in [1.165, 1.54) is 8.87 Å². The van der Waals surface area contributed by atoms with Crippen molar-refractivity contribution in [1.82, 2.24) is 13.9 Å². The Labute approximate surface area is 176 Å². The predicted molar refractivity (Wildman–Crippen MR) is 118 cm³/mol. The number of nitrogens with zero attached hydrogens (tertiary/aromatic N) is 2. The van der Waals surface area contributed by atoms with Gasteiger partial charge in [-0.1, -0.05) is 24.3 Å². The molecule has 0 aliphatic rings. The highest BCUT2D eigenvalue weighted by atomic mass is 32.2. The third kappa shape index (κ3) is 3.93. The normalized spacial score (nSPS) is 12.4. The standard InChI is InChI=1S/C22H21N3O4S/c1-24-14-19(17-10-11-23-21(17)22(24)26)18-12-15(13-25(2)30(27)28)8-9-20(18)29-16-6-4-3-5-7-16/h3-12,14,23H,13H2,1-2H3,(H,27,28). The van der Waals surface area contributed by atoms with Crippen LogP contribution in [0.1, 0.15) is 5.56 Å². The number of aromatic amines is 1. The van der Waals surface area contributed by atoms with Crippen molar-refractivity contribution in [2.24, 2.45) is 7.05 Å². The molecule has 4 aromatic rings. The van der Waals surface area contributed by atoms with Crippen LogP contribution in [0.4, 0.5) is 0 Å². The number of para-hydroxylation sites is 1. The molecule has 8 heteroatoms. The quantitative estimate of drug-likeness (QED) is 0.461. The Morgan fingerprint density at radius 3 is 2.63 bits per heavy atom. The van der Waals surface area contributed by atoms with Gasteiger partial charge in [-0.05, 0) is 35.9 Å². The van der Waals surface area contributed by atoms with Crippen LogP contribution in [0.3, 0.4) is 0 Å². The number of rotatable bonds is 6. The van der Waals surface area contributed by atoms with Crippen molar-refractivity contribution in [2.45, 2.75) is 6.54 Å². The first-order chi connectivity index (χ1) is 14.4. The van der Waals surface area contributed by atoms with E-state index in [0.717, 1.165) is 22.1 Å². The predicted octanol–water partition coefficient (Wildman–Crippen LogP) is 3.89. The van der Waals surface area contributed by atoms with E-state index in [1.807, 2.05) is 54.6 Å². The van der Waals surface area contributed by atoms with Crippen LogP contribution in [-0.4, -0.2) is 29.7 Å². The van der Waals surface area contributed by atoms with Gasteiger partial charge in [0.15, 0.2) is 0 Å². The number of hydrogen-bond acceptors (Lipinski definition) is 3. The highest BCUT2D eigenvalue weighted by Crippen LogP contribution is 2.37. The zero-order chi connectivity index (χ0) is 21.3. The summed E-state index contributed by atoms with van der Waals surface area (Å²) in [4.78, 5) is 15.5. The lowest BCUT2D eigenvalue weighted by Crippen LogP contribution is -2.19. The first-order valence-corrected chi connectivity index (χ1v) is 10.4. The molecule has 154 valence electrons. The van der Waals surface area contributed by atoms with E-state index in [-0.39, 0.29) is 12.1 Å². The molecule has 0 radical (unpaired) electrons. The molecule has 30 heavy (non-hydrogen) atoms. The molecule has 0 bridgehead atoms. The van der Waals surface area contributed by atoms with Crippen LogP contribution in [-0.2, 0) is 24.9 Å². The largest absolute Gasteiger partial charge is 0.457 e. The van der Waals surface area contributed by atoms with Gasteiger partial charge in [0.1, 0.15) is 17.0 Å². The minimum absolute atomic E-state index is 0.115. The first-order valence-electron chi connectivity index (χ1n) is 9.29. The minimum atomic E-state index is -2.07. The summed E-state index contributed by atoms with van der Waals surface area (Å²) in [6, 6.07) is 16.9. The topological polar surface area (TPSA) is 87.6 Å². The van der Waals surface area contributed by atoms with Gasteiger partial charge in [-0.2, -0.15) is 4.31 Å². The van der Waals surface area contributed by atoms with E-state index >= 15 is 0 Å². The van der Waals surface area contributed by atoms with Gasteiger partial charge in [0, 0.05) is 49.5 Å². The molecule has 0 aliphatic heterocycles.